The molecule has 1 amide bonds. The third-order valence-corrected chi connectivity index (χ3v) is 3.54. The van der Waals surface area contributed by atoms with Crippen LogP contribution in [0.5, 0.6) is 11.5 Å². The molecule has 6 heteroatoms. The molecule has 0 atom stereocenters. The van der Waals surface area contributed by atoms with Crippen LogP contribution in [-0.4, -0.2) is 32.7 Å². The Bertz CT molecular complexity index is 690. The fourth-order valence-electron chi connectivity index (χ4n) is 2.20. The summed E-state index contributed by atoms with van der Waals surface area (Å²) < 4.78 is 23.6. The van der Waals surface area contributed by atoms with Crippen molar-refractivity contribution in [1.29, 1.82) is 0 Å². The van der Waals surface area contributed by atoms with E-state index in [0.717, 1.165) is 11.1 Å². The highest BCUT2D eigenvalue weighted by atomic mass is 19.1. The standard InChI is InChI=1S/C19H23FN2O3/c1-14-11-15(12-22-19(23)13-21-9-10-24-2)3-8-18(14)25-17-6-4-16(20)5-7-17/h3-8,11,21H,9-10,12-13H2,1-2H3,(H,22,23). The number of nitrogens with one attached hydrogen (secondary N) is 2. The molecule has 0 aliphatic heterocycles. The maximum absolute atomic E-state index is 12.9. The Balaban J connectivity index is 1.84. The number of hydrogen-bond donors (Lipinski definition) is 2. The fourth-order valence-corrected chi connectivity index (χ4v) is 2.20. The number of benzene rings is 2. The quantitative estimate of drug-likeness (QED) is 0.686. The molecule has 0 aromatic heterocycles. The Labute approximate surface area is 147 Å². The molecule has 2 rings (SSSR count). The number of aryl methyl sites for hydroxylation is 1. The fraction of sp³-hybridized carbons (Fsp3) is 0.316. The number of carbonyl (C=O) groups excluding carboxylic acids is 1. The highest BCUT2D eigenvalue weighted by Gasteiger charge is 2.05. The van der Waals surface area contributed by atoms with E-state index < -0.39 is 0 Å². The Morgan fingerprint density at radius 2 is 1.92 bits per heavy atom. The molecule has 0 heterocycles. The van der Waals surface area contributed by atoms with Crippen molar-refractivity contribution in [3.05, 3.63) is 59.4 Å². The molecule has 2 aromatic carbocycles. The largest absolute Gasteiger partial charge is 0.457 e. The van der Waals surface area contributed by atoms with Gasteiger partial charge in [-0.1, -0.05) is 12.1 Å². The molecule has 0 bridgehead atoms. The molecule has 0 spiro atoms. The third-order valence-electron chi connectivity index (χ3n) is 3.54. The van der Waals surface area contributed by atoms with Crippen molar-refractivity contribution in [2.24, 2.45) is 0 Å². The summed E-state index contributed by atoms with van der Waals surface area (Å²) in [5.41, 5.74) is 1.92. The monoisotopic (exact) mass is 346 g/mol. The molecular formula is C19H23FN2O3. The van der Waals surface area contributed by atoms with Crippen LogP contribution < -0.4 is 15.4 Å². The van der Waals surface area contributed by atoms with Gasteiger partial charge in [0.1, 0.15) is 17.3 Å². The number of amides is 1. The first kappa shape index (κ1) is 18.9. The summed E-state index contributed by atoms with van der Waals surface area (Å²) >= 11 is 0. The third kappa shape index (κ3) is 6.52. The summed E-state index contributed by atoms with van der Waals surface area (Å²) in [7, 11) is 1.62. The maximum Gasteiger partial charge on any atom is 0.234 e. The van der Waals surface area contributed by atoms with Gasteiger partial charge in [0, 0.05) is 20.2 Å². The van der Waals surface area contributed by atoms with Crippen LogP contribution in [0.1, 0.15) is 11.1 Å². The molecule has 0 unspecified atom stereocenters. The van der Waals surface area contributed by atoms with Crippen molar-refractivity contribution < 1.29 is 18.7 Å². The van der Waals surface area contributed by atoms with E-state index in [0.29, 0.717) is 31.2 Å². The summed E-state index contributed by atoms with van der Waals surface area (Å²) in [6.45, 7) is 3.84. The van der Waals surface area contributed by atoms with Gasteiger partial charge in [0.25, 0.3) is 0 Å². The Hall–Kier alpha value is -2.44. The average molecular weight is 346 g/mol. The second-order valence-electron chi connectivity index (χ2n) is 5.60. The summed E-state index contributed by atoms with van der Waals surface area (Å²) in [5, 5.41) is 5.84. The summed E-state index contributed by atoms with van der Waals surface area (Å²) in [6.07, 6.45) is 0. The van der Waals surface area contributed by atoms with Crippen molar-refractivity contribution in [2.45, 2.75) is 13.5 Å². The first-order chi connectivity index (χ1) is 12.1. The van der Waals surface area contributed by atoms with E-state index in [1.54, 1.807) is 19.2 Å². The van der Waals surface area contributed by atoms with E-state index in [2.05, 4.69) is 10.6 Å². The lowest BCUT2D eigenvalue weighted by Gasteiger charge is -2.11. The molecule has 2 aromatic rings. The van der Waals surface area contributed by atoms with Crippen LogP contribution in [0, 0.1) is 12.7 Å². The van der Waals surface area contributed by atoms with Gasteiger partial charge in [-0.25, -0.2) is 4.39 Å². The molecule has 0 saturated carbocycles. The number of halogens is 1. The lowest BCUT2D eigenvalue weighted by atomic mass is 10.1. The van der Waals surface area contributed by atoms with E-state index in [4.69, 9.17) is 9.47 Å². The van der Waals surface area contributed by atoms with Crippen LogP contribution in [0.25, 0.3) is 0 Å². The molecule has 0 fully saturated rings. The van der Waals surface area contributed by atoms with Gasteiger partial charge >= 0.3 is 0 Å². The lowest BCUT2D eigenvalue weighted by molar-refractivity contribution is -0.120. The van der Waals surface area contributed by atoms with Crippen LogP contribution in [0.3, 0.4) is 0 Å². The Morgan fingerprint density at radius 3 is 2.60 bits per heavy atom. The molecular weight excluding hydrogens is 323 g/mol. The van der Waals surface area contributed by atoms with Crippen molar-refractivity contribution in [1.82, 2.24) is 10.6 Å². The molecule has 2 N–H and O–H groups in total. The molecule has 5 nitrogen and oxygen atoms in total. The minimum atomic E-state index is -0.299. The molecule has 0 aliphatic rings. The summed E-state index contributed by atoms with van der Waals surface area (Å²) in [6, 6.07) is 11.6. The number of carbonyl (C=O) groups is 1. The predicted molar refractivity (Wildman–Crippen MR) is 94.2 cm³/mol. The Morgan fingerprint density at radius 1 is 1.16 bits per heavy atom. The Kier molecular flexibility index (Phi) is 7.37. The van der Waals surface area contributed by atoms with Crippen LogP contribution in [-0.2, 0) is 16.1 Å². The number of ether oxygens (including phenoxy) is 2. The van der Waals surface area contributed by atoms with Crippen molar-refractivity contribution in [3.63, 3.8) is 0 Å². The van der Waals surface area contributed by atoms with E-state index in [-0.39, 0.29) is 18.3 Å². The minimum Gasteiger partial charge on any atom is -0.457 e. The second-order valence-corrected chi connectivity index (χ2v) is 5.60. The number of hydrogen-bond acceptors (Lipinski definition) is 4. The second kappa shape index (κ2) is 9.76. The highest BCUT2D eigenvalue weighted by molar-refractivity contribution is 5.77. The van der Waals surface area contributed by atoms with Crippen LogP contribution >= 0.6 is 0 Å². The van der Waals surface area contributed by atoms with Gasteiger partial charge < -0.3 is 20.1 Å². The van der Waals surface area contributed by atoms with Crippen LogP contribution in [0.4, 0.5) is 4.39 Å². The molecule has 134 valence electrons. The SMILES string of the molecule is COCCNCC(=O)NCc1ccc(Oc2ccc(F)cc2)c(C)c1. The normalized spacial score (nSPS) is 10.5. The van der Waals surface area contributed by atoms with E-state index >= 15 is 0 Å². The van der Waals surface area contributed by atoms with Crippen molar-refractivity contribution in [3.8, 4) is 11.5 Å². The highest BCUT2D eigenvalue weighted by Crippen LogP contribution is 2.25. The van der Waals surface area contributed by atoms with E-state index in [9.17, 15) is 9.18 Å². The zero-order valence-corrected chi connectivity index (χ0v) is 14.5. The van der Waals surface area contributed by atoms with Gasteiger partial charge in [-0.2, -0.15) is 0 Å². The first-order valence-corrected chi connectivity index (χ1v) is 8.08. The molecule has 0 radical (unpaired) electrons. The average Bonchev–Trinajstić information content (AvgIpc) is 2.61. The van der Waals surface area contributed by atoms with Gasteiger partial charge in [0.2, 0.25) is 5.91 Å². The van der Waals surface area contributed by atoms with E-state index in [1.165, 1.54) is 12.1 Å². The summed E-state index contributed by atoms with van der Waals surface area (Å²) in [5.74, 6) is 0.905. The smallest absolute Gasteiger partial charge is 0.234 e. The van der Waals surface area contributed by atoms with Crippen molar-refractivity contribution >= 4 is 5.91 Å². The number of methoxy groups -OCH3 is 1. The molecule has 0 saturated heterocycles. The van der Waals surface area contributed by atoms with Crippen LogP contribution in [0.15, 0.2) is 42.5 Å². The zero-order valence-electron chi connectivity index (χ0n) is 14.5. The molecule has 25 heavy (non-hydrogen) atoms. The van der Waals surface area contributed by atoms with Gasteiger partial charge in [0.15, 0.2) is 0 Å². The minimum absolute atomic E-state index is 0.0691. The molecule has 0 aliphatic carbocycles. The predicted octanol–water partition coefficient (Wildman–Crippen LogP) is 2.78. The van der Waals surface area contributed by atoms with Gasteiger partial charge in [-0.05, 0) is 48.4 Å². The van der Waals surface area contributed by atoms with E-state index in [1.807, 2.05) is 25.1 Å². The van der Waals surface area contributed by atoms with Gasteiger partial charge in [-0.15, -0.1) is 0 Å². The summed E-state index contributed by atoms with van der Waals surface area (Å²) in [4.78, 5) is 11.7. The van der Waals surface area contributed by atoms with Crippen LogP contribution in [0.2, 0.25) is 0 Å². The number of rotatable bonds is 9. The topological polar surface area (TPSA) is 59.6 Å². The maximum atomic E-state index is 12.9. The lowest BCUT2D eigenvalue weighted by Crippen LogP contribution is -2.34. The van der Waals surface area contributed by atoms with Gasteiger partial charge in [0.05, 0.1) is 13.2 Å². The van der Waals surface area contributed by atoms with Crippen molar-refractivity contribution in [2.75, 3.05) is 26.8 Å². The zero-order chi connectivity index (χ0) is 18.1. The van der Waals surface area contributed by atoms with Gasteiger partial charge in [-0.3, -0.25) is 4.79 Å². The first-order valence-electron chi connectivity index (χ1n) is 8.08.